The van der Waals surface area contributed by atoms with Gasteiger partial charge in [0.05, 0.1) is 17.4 Å². The molecule has 1 fully saturated rings. The minimum absolute atomic E-state index is 0.0928. The van der Waals surface area contributed by atoms with E-state index < -0.39 is 0 Å². The van der Waals surface area contributed by atoms with E-state index in [0.717, 1.165) is 44.8 Å². The van der Waals surface area contributed by atoms with Gasteiger partial charge in [-0.05, 0) is 37.6 Å². The molecular weight excluding hydrogens is 324 g/mol. The van der Waals surface area contributed by atoms with Crippen LogP contribution < -0.4 is 4.90 Å². The lowest BCUT2D eigenvalue weighted by molar-refractivity contribution is 0.0643. The molecule has 5 heteroatoms. The molecule has 0 radical (unpaired) electrons. The van der Waals surface area contributed by atoms with E-state index in [1.54, 1.807) is 6.20 Å². The molecule has 2 aromatic rings. The summed E-state index contributed by atoms with van der Waals surface area (Å²) in [4.78, 5) is 24.0. The summed E-state index contributed by atoms with van der Waals surface area (Å²) in [6.45, 7) is 8.92. The molecule has 0 saturated carbocycles. The molecule has 0 N–H and O–H groups in total. The van der Waals surface area contributed by atoms with E-state index in [-0.39, 0.29) is 5.91 Å². The third kappa shape index (κ3) is 3.07. The highest BCUT2D eigenvalue weighted by Crippen LogP contribution is 2.37. The fourth-order valence-corrected chi connectivity index (χ4v) is 4.09. The van der Waals surface area contributed by atoms with Gasteiger partial charge in [0, 0.05) is 44.1 Å². The van der Waals surface area contributed by atoms with Crippen molar-refractivity contribution in [2.24, 2.45) is 0 Å². The van der Waals surface area contributed by atoms with Crippen LogP contribution in [-0.4, -0.2) is 59.5 Å². The van der Waals surface area contributed by atoms with Crippen molar-refractivity contribution in [3.8, 4) is 0 Å². The van der Waals surface area contributed by atoms with Crippen LogP contribution in [0.2, 0.25) is 0 Å². The van der Waals surface area contributed by atoms with Gasteiger partial charge >= 0.3 is 0 Å². The second kappa shape index (κ2) is 7.08. The van der Waals surface area contributed by atoms with E-state index in [1.807, 2.05) is 17.2 Å². The third-order valence-electron chi connectivity index (χ3n) is 5.56. The summed E-state index contributed by atoms with van der Waals surface area (Å²) in [5, 5.41) is 0. The van der Waals surface area contributed by atoms with Crippen LogP contribution in [-0.2, 0) is 6.42 Å². The number of aromatic nitrogens is 1. The SMILES string of the molecule is CCN1CCN(C(=O)c2cncc(N3c4ccccc4CC3C)c2)CC1. The second-order valence-corrected chi connectivity index (χ2v) is 7.21. The Kier molecular flexibility index (Phi) is 4.64. The quantitative estimate of drug-likeness (QED) is 0.853. The average molecular weight is 350 g/mol. The number of nitrogens with zero attached hydrogens (tertiary/aromatic N) is 4. The van der Waals surface area contributed by atoms with Crippen molar-refractivity contribution in [2.45, 2.75) is 26.3 Å². The first-order valence-corrected chi connectivity index (χ1v) is 9.51. The topological polar surface area (TPSA) is 39.7 Å². The molecule has 3 heterocycles. The minimum Gasteiger partial charge on any atom is -0.337 e. The van der Waals surface area contributed by atoms with Crippen LogP contribution in [0.1, 0.15) is 29.8 Å². The smallest absolute Gasteiger partial charge is 0.255 e. The number of piperazine rings is 1. The molecule has 136 valence electrons. The van der Waals surface area contributed by atoms with Gasteiger partial charge in [-0.15, -0.1) is 0 Å². The first kappa shape index (κ1) is 17.0. The highest BCUT2D eigenvalue weighted by atomic mass is 16.2. The number of rotatable bonds is 3. The number of anilines is 2. The Bertz CT molecular complexity index is 798. The maximum Gasteiger partial charge on any atom is 0.255 e. The van der Waals surface area contributed by atoms with Crippen molar-refractivity contribution in [2.75, 3.05) is 37.6 Å². The fourth-order valence-electron chi connectivity index (χ4n) is 4.09. The number of benzene rings is 1. The van der Waals surface area contributed by atoms with Gasteiger partial charge in [-0.1, -0.05) is 25.1 Å². The molecule has 0 spiro atoms. The second-order valence-electron chi connectivity index (χ2n) is 7.21. The summed E-state index contributed by atoms with van der Waals surface area (Å²) >= 11 is 0. The third-order valence-corrected chi connectivity index (χ3v) is 5.56. The molecule has 0 aliphatic carbocycles. The number of amides is 1. The number of hydrogen-bond acceptors (Lipinski definition) is 4. The number of pyridine rings is 1. The number of carbonyl (C=O) groups is 1. The van der Waals surface area contributed by atoms with Gasteiger partial charge in [0.15, 0.2) is 0 Å². The molecule has 2 aliphatic rings. The largest absolute Gasteiger partial charge is 0.337 e. The number of likely N-dealkylation sites (N-methyl/N-ethyl adjacent to an activating group) is 1. The Labute approximate surface area is 155 Å². The first-order chi connectivity index (χ1) is 12.7. The molecule has 1 atom stereocenters. The lowest BCUT2D eigenvalue weighted by atomic mass is 10.1. The number of hydrogen-bond donors (Lipinski definition) is 0. The summed E-state index contributed by atoms with van der Waals surface area (Å²) in [6.07, 6.45) is 4.59. The van der Waals surface area contributed by atoms with Gasteiger partial charge in [0.1, 0.15) is 0 Å². The van der Waals surface area contributed by atoms with Crippen LogP contribution in [0.3, 0.4) is 0 Å². The van der Waals surface area contributed by atoms with E-state index in [1.165, 1.54) is 11.3 Å². The van der Waals surface area contributed by atoms with Crippen LogP contribution in [0.5, 0.6) is 0 Å². The highest BCUT2D eigenvalue weighted by molar-refractivity contribution is 5.95. The zero-order valence-corrected chi connectivity index (χ0v) is 15.6. The van der Waals surface area contributed by atoms with Crippen LogP contribution in [0.4, 0.5) is 11.4 Å². The summed E-state index contributed by atoms with van der Waals surface area (Å²) in [6, 6.07) is 10.9. The summed E-state index contributed by atoms with van der Waals surface area (Å²) in [5.41, 5.74) is 4.26. The minimum atomic E-state index is 0.0928. The molecule has 1 amide bonds. The first-order valence-electron chi connectivity index (χ1n) is 9.51. The summed E-state index contributed by atoms with van der Waals surface area (Å²) in [5.74, 6) is 0.0928. The van der Waals surface area contributed by atoms with Crippen LogP contribution in [0, 0.1) is 0 Å². The molecule has 2 aliphatic heterocycles. The zero-order chi connectivity index (χ0) is 18.1. The van der Waals surface area contributed by atoms with Gasteiger partial charge in [-0.25, -0.2) is 0 Å². The zero-order valence-electron chi connectivity index (χ0n) is 15.6. The van der Waals surface area contributed by atoms with Crippen molar-refractivity contribution in [1.82, 2.24) is 14.8 Å². The van der Waals surface area contributed by atoms with Gasteiger partial charge in [-0.3, -0.25) is 9.78 Å². The molecular formula is C21H26N4O. The lowest BCUT2D eigenvalue weighted by Crippen LogP contribution is -2.48. The van der Waals surface area contributed by atoms with Gasteiger partial charge in [-0.2, -0.15) is 0 Å². The molecule has 0 bridgehead atoms. The van der Waals surface area contributed by atoms with E-state index in [4.69, 9.17) is 0 Å². The van der Waals surface area contributed by atoms with E-state index in [9.17, 15) is 4.79 Å². The standard InChI is InChI=1S/C21H26N4O/c1-3-23-8-10-24(11-9-23)21(26)18-13-19(15-22-14-18)25-16(2)12-17-6-4-5-7-20(17)25/h4-7,13-16H,3,8-12H2,1-2H3. The van der Waals surface area contributed by atoms with Gasteiger partial charge < -0.3 is 14.7 Å². The van der Waals surface area contributed by atoms with Gasteiger partial charge in [0.2, 0.25) is 0 Å². The maximum atomic E-state index is 12.9. The van der Waals surface area contributed by atoms with Crippen LogP contribution in [0.15, 0.2) is 42.7 Å². The van der Waals surface area contributed by atoms with Crippen molar-refractivity contribution in [1.29, 1.82) is 0 Å². The molecule has 1 unspecified atom stereocenters. The molecule has 1 aromatic heterocycles. The number of fused-ring (bicyclic) bond motifs is 1. The Morgan fingerprint density at radius 1 is 1.15 bits per heavy atom. The fraction of sp³-hybridized carbons (Fsp3) is 0.429. The lowest BCUT2D eigenvalue weighted by Gasteiger charge is -2.34. The predicted molar refractivity (Wildman–Crippen MR) is 104 cm³/mol. The Hall–Kier alpha value is -2.40. The molecule has 1 saturated heterocycles. The summed E-state index contributed by atoms with van der Waals surface area (Å²) in [7, 11) is 0. The van der Waals surface area contributed by atoms with Gasteiger partial charge in [0.25, 0.3) is 5.91 Å². The maximum absolute atomic E-state index is 12.9. The van der Waals surface area contributed by atoms with Crippen molar-refractivity contribution >= 4 is 17.3 Å². The van der Waals surface area contributed by atoms with Crippen LogP contribution >= 0.6 is 0 Å². The molecule has 4 rings (SSSR count). The number of para-hydroxylation sites is 1. The number of carbonyl (C=O) groups excluding carboxylic acids is 1. The molecule has 5 nitrogen and oxygen atoms in total. The van der Waals surface area contributed by atoms with Crippen molar-refractivity contribution in [3.63, 3.8) is 0 Å². The van der Waals surface area contributed by atoms with E-state index >= 15 is 0 Å². The summed E-state index contributed by atoms with van der Waals surface area (Å²) < 4.78 is 0. The Balaban J connectivity index is 1.57. The van der Waals surface area contributed by atoms with Crippen LogP contribution in [0.25, 0.3) is 0 Å². The van der Waals surface area contributed by atoms with E-state index in [0.29, 0.717) is 11.6 Å². The normalized spacial score (nSPS) is 20.3. The monoisotopic (exact) mass is 350 g/mol. The van der Waals surface area contributed by atoms with E-state index in [2.05, 4.69) is 52.9 Å². The highest BCUT2D eigenvalue weighted by Gasteiger charge is 2.28. The van der Waals surface area contributed by atoms with Crippen molar-refractivity contribution in [3.05, 3.63) is 53.9 Å². The predicted octanol–water partition coefficient (Wildman–Crippen LogP) is 2.94. The average Bonchev–Trinajstić information content (AvgIpc) is 3.03. The Morgan fingerprint density at radius 3 is 2.69 bits per heavy atom. The molecule has 1 aromatic carbocycles. The van der Waals surface area contributed by atoms with Crippen molar-refractivity contribution < 1.29 is 4.79 Å². The Morgan fingerprint density at radius 2 is 1.92 bits per heavy atom. The molecule has 26 heavy (non-hydrogen) atoms.